The summed E-state index contributed by atoms with van der Waals surface area (Å²) in [6.07, 6.45) is 4.07. The van der Waals surface area contributed by atoms with Crippen molar-refractivity contribution >= 4 is 55.5 Å². The first kappa shape index (κ1) is 28.0. The van der Waals surface area contributed by atoms with Crippen molar-refractivity contribution in [2.45, 2.75) is 5.60 Å². The molecule has 0 amide bonds. The molecule has 0 aromatic heterocycles. The Bertz CT molecular complexity index is 2400. The van der Waals surface area contributed by atoms with E-state index in [0.717, 1.165) is 60.5 Å². The number of benzene rings is 6. The zero-order chi connectivity index (χ0) is 32.0. The van der Waals surface area contributed by atoms with Gasteiger partial charge in [0.25, 0.3) is 0 Å². The molecule has 0 saturated carbocycles. The highest BCUT2D eigenvalue weighted by atomic mass is 16.5. The number of rotatable bonds is 4. The maximum Gasteiger partial charge on any atom is 0.205 e. The summed E-state index contributed by atoms with van der Waals surface area (Å²) in [7, 11) is 3.26. The normalized spacial score (nSPS) is 12.7. The van der Waals surface area contributed by atoms with Gasteiger partial charge in [-0.15, -0.1) is 0 Å². The van der Waals surface area contributed by atoms with Gasteiger partial charge in [0.2, 0.25) is 5.69 Å². The minimum absolute atomic E-state index is 0.226. The van der Waals surface area contributed by atoms with Gasteiger partial charge in [-0.05, 0) is 86.9 Å². The molecular weight excluding hydrogens is 572 g/mol. The smallest absolute Gasteiger partial charge is 0.205 e. The van der Waals surface area contributed by atoms with Crippen LogP contribution < -0.4 is 14.2 Å². The third-order valence-corrected chi connectivity index (χ3v) is 8.56. The van der Waals surface area contributed by atoms with E-state index in [1.54, 1.807) is 38.5 Å². The van der Waals surface area contributed by atoms with E-state index in [0.29, 0.717) is 5.75 Å². The summed E-state index contributed by atoms with van der Waals surface area (Å²) in [5.74, 6) is 2.08. The van der Waals surface area contributed by atoms with Gasteiger partial charge < -0.3 is 14.2 Å². The number of hydrogen-bond acceptors (Lipinski definition) is 4. The number of fused-ring (bicyclic) bond motifs is 7. The Morgan fingerprint density at radius 3 is 1.57 bits per heavy atom. The molecule has 0 spiro atoms. The molecule has 6 aromatic carbocycles. The van der Waals surface area contributed by atoms with Gasteiger partial charge in [0.05, 0.1) is 45.6 Å². The molecule has 0 bridgehead atoms. The fourth-order valence-corrected chi connectivity index (χ4v) is 6.25. The van der Waals surface area contributed by atoms with E-state index in [1.807, 2.05) is 72.8 Å². The predicted molar refractivity (Wildman–Crippen MR) is 179 cm³/mol. The van der Waals surface area contributed by atoms with Crippen molar-refractivity contribution in [1.29, 1.82) is 5.26 Å². The van der Waals surface area contributed by atoms with Crippen molar-refractivity contribution in [2.75, 3.05) is 14.2 Å². The van der Waals surface area contributed by atoms with E-state index < -0.39 is 5.60 Å². The average Bonchev–Trinajstić information content (AvgIpc) is 3.12. The van der Waals surface area contributed by atoms with Crippen LogP contribution in [0.5, 0.6) is 17.2 Å². The molecule has 0 aliphatic carbocycles. The van der Waals surface area contributed by atoms with E-state index in [1.165, 1.54) is 0 Å². The summed E-state index contributed by atoms with van der Waals surface area (Å²) in [6, 6.07) is 28.6. The molecule has 0 atom stereocenters. The summed E-state index contributed by atoms with van der Waals surface area (Å²) >= 11 is 0. The van der Waals surface area contributed by atoms with Gasteiger partial charge in [-0.2, -0.15) is 5.26 Å². The molecule has 6 aromatic rings. The molecule has 46 heavy (non-hydrogen) atoms. The summed E-state index contributed by atoms with van der Waals surface area (Å²) in [5, 5.41) is 14.5. The molecule has 1 aliphatic heterocycles. The van der Waals surface area contributed by atoms with Crippen LogP contribution in [0.2, 0.25) is 0 Å². The fourth-order valence-electron chi connectivity index (χ4n) is 6.25. The van der Waals surface area contributed by atoms with Gasteiger partial charge >= 0.3 is 0 Å². The summed E-state index contributed by atoms with van der Waals surface area (Å²) in [5.41, 5.74) is 2.62. The third kappa shape index (κ3) is 4.16. The largest absolute Gasteiger partial charge is 0.497 e. The molecule has 0 N–H and O–H groups in total. The molecule has 0 saturated heterocycles. The van der Waals surface area contributed by atoms with Crippen LogP contribution in [0.4, 0.5) is 17.1 Å². The molecule has 216 valence electrons. The van der Waals surface area contributed by atoms with Crippen LogP contribution in [0.3, 0.4) is 0 Å². The van der Waals surface area contributed by atoms with Crippen LogP contribution in [0.15, 0.2) is 91.0 Å². The molecule has 7 rings (SSSR count). The summed E-state index contributed by atoms with van der Waals surface area (Å²) < 4.78 is 17.9. The highest BCUT2D eigenvalue weighted by molar-refractivity contribution is 6.27. The second-order valence-electron chi connectivity index (χ2n) is 10.8. The Labute approximate surface area is 265 Å². The zero-order valence-corrected chi connectivity index (χ0v) is 24.8. The number of nitriles is 1. The van der Waals surface area contributed by atoms with Crippen molar-refractivity contribution in [3.8, 4) is 23.3 Å². The van der Waals surface area contributed by atoms with Crippen molar-refractivity contribution in [3.63, 3.8) is 0 Å². The summed E-state index contributed by atoms with van der Waals surface area (Å²) in [4.78, 5) is 10.8. The molecular formula is C39H22N4O3. The molecule has 0 radical (unpaired) electrons. The lowest BCUT2D eigenvalue weighted by atomic mass is 9.83. The Morgan fingerprint density at radius 1 is 0.630 bits per heavy atom. The number of nitrogens with zero attached hydrogens (tertiary/aromatic N) is 4. The van der Waals surface area contributed by atoms with E-state index in [4.69, 9.17) is 33.9 Å². The highest BCUT2D eigenvalue weighted by Gasteiger charge is 2.37. The maximum absolute atomic E-state index is 9.91. The quantitative estimate of drug-likeness (QED) is 0.151. The van der Waals surface area contributed by atoms with Crippen LogP contribution in [0, 0.1) is 31.0 Å². The first-order valence-electron chi connectivity index (χ1n) is 14.2. The van der Waals surface area contributed by atoms with Crippen molar-refractivity contribution in [3.05, 3.63) is 148 Å². The lowest BCUT2D eigenvalue weighted by molar-refractivity contribution is 0.161. The number of methoxy groups -OCH3 is 2. The molecule has 7 nitrogen and oxygen atoms in total. The molecule has 7 heteroatoms. The number of hydrogen-bond donors (Lipinski definition) is 0. The van der Waals surface area contributed by atoms with Crippen LogP contribution in [-0.2, 0) is 5.60 Å². The summed E-state index contributed by atoms with van der Waals surface area (Å²) in [6.45, 7) is 23.1. The second kappa shape index (κ2) is 10.7. The van der Waals surface area contributed by atoms with E-state index in [2.05, 4.69) is 20.6 Å². The highest BCUT2D eigenvalue weighted by Crippen LogP contribution is 2.48. The standard InChI is InChI=1S/C39H22N4O3/c1-41-35-18-31-30(17-24(35)22-40)34-21-38-23(16-29(34)32-19-36(42-2)37(43-3)20-33(31)32)14-15-39(46-38,25-6-10-27(44-4)11-7-25)26-8-12-28(45-5)13-9-26/h6-21H,4-5H3. The van der Waals surface area contributed by atoms with Gasteiger partial charge in [0, 0.05) is 16.7 Å². The van der Waals surface area contributed by atoms with Crippen LogP contribution >= 0.6 is 0 Å². The van der Waals surface area contributed by atoms with Crippen molar-refractivity contribution in [1.82, 2.24) is 0 Å². The van der Waals surface area contributed by atoms with E-state index in [-0.39, 0.29) is 22.6 Å². The van der Waals surface area contributed by atoms with E-state index >= 15 is 0 Å². The molecule has 0 unspecified atom stereocenters. The van der Waals surface area contributed by atoms with Gasteiger partial charge in [-0.1, -0.05) is 42.5 Å². The minimum Gasteiger partial charge on any atom is -0.497 e. The monoisotopic (exact) mass is 594 g/mol. The molecule has 1 heterocycles. The van der Waals surface area contributed by atoms with Crippen molar-refractivity contribution < 1.29 is 14.2 Å². The second-order valence-corrected chi connectivity index (χ2v) is 10.8. The maximum atomic E-state index is 9.91. The van der Waals surface area contributed by atoms with Crippen molar-refractivity contribution in [2.24, 2.45) is 0 Å². The van der Waals surface area contributed by atoms with Gasteiger partial charge in [0.15, 0.2) is 17.0 Å². The van der Waals surface area contributed by atoms with Crippen LogP contribution in [0.25, 0.3) is 52.9 Å². The van der Waals surface area contributed by atoms with Crippen LogP contribution in [0.1, 0.15) is 22.3 Å². The lowest BCUT2D eigenvalue weighted by Gasteiger charge is -2.36. The SMILES string of the molecule is [C-]#[N+]c1cc2c(cc1C#N)c1cc3c(cc1c1cc([N+]#[C-])c([N+]#[C-])cc21)C=CC(c1ccc(OC)cc1)(c1ccc(OC)cc1)O3. The fraction of sp³-hybridized carbons (Fsp3) is 0.0769. The Hall–Kier alpha value is -6.80. The zero-order valence-electron chi connectivity index (χ0n) is 24.8. The third-order valence-electron chi connectivity index (χ3n) is 8.56. The van der Waals surface area contributed by atoms with Gasteiger partial charge in [-0.3, -0.25) is 9.69 Å². The number of ether oxygens (including phenoxy) is 3. The van der Waals surface area contributed by atoms with Gasteiger partial charge in [-0.25, -0.2) is 4.85 Å². The van der Waals surface area contributed by atoms with Gasteiger partial charge in [0.1, 0.15) is 17.2 Å². The first-order valence-corrected chi connectivity index (χ1v) is 14.2. The molecule has 0 fully saturated rings. The topological polar surface area (TPSA) is 64.6 Å². The Morgan fingerprint density at radius 2 is 1.09 bits per heavy atom. The first-order chi connectivity index (χ1) is 22.5. The lowest BCUT2D eigenvalue weighted by Crippen LogP contribution is -2.34. The Kier molecular flexibility index (Phi) is 6.53. The minimum atomic E-state index is -0.983. The predicted octanol–water partition coefficient (Wildman–Crippen LogP) is 10.0. The van der Waals surface area contributed by atoms with Crippen LogP contribution in [-0.4, -0.2) is 14.2 Å². The Balaban J connectivity index is 1.55. The molecule has 1 aliphatic rings. The van der Waals surface area contributed by atoms with E-state index in [9.17, 15) is 5.26 Å². The average molecular weight is 595 g/mol.